The summed E-state index contributed by atoms with van der Waals surface area (Å²) in [6.45, 7) is 3.22. The monoisotopic (exact) mass is 572 g/mol. The van der Waals surface area contributed by atoms with Gasteiger partial charge in [0.2, 0.25) is 10.0 Å². The molecule has 204 valence electrons. The number of fused-ring (bicyclic) bond motifs is 3. The molecule has 0 fully saturated rings. The molecular formula is C31H28N2O5S2. The Morgan fingerprint density at radius 2 is 1.20 bits per heavy atom. The molecule has 4 aromatic carbocycles. The minimum atomic E-state index is -4.17. The molecule has 2 heterocycles. The minimum absolute atomic E-state index is 0.0704. The van der Waals surface area contributed by atoms with Crippen LogP contribution < -0.4 is 0 Å². The second-order valence-corrected chi connectivity index (χ2v) is 14.0. The van der Waals surface area contributed by atoms with Crippen LogP contribution in [0.15, 0.2) is 113 Å². The fraction of sp³-hybridized carbons (Fsp3) is 0.161. The van der Waals surface area contributed by atoms with Gasteiger partial charge in [-0.2, -0.15) is 4.31 Å². The predicted octanol–water partition coefficient (Wildman–Crippen LogP) is 4.94. The van der Waals surface area contributed by atoms with Gasteiger partial charge in [-0.05, 0) is 49.7 Å². The van der Waals surface area contributed by atoms with Crippen LogP contribution in [0.2, 0.25) is 0 Å². The Morgan fingerprint density at radius 1 is 0.675 bits per heavy atom. The predicted molar refractivity (Wildman–Crippen MR) is 154 cm³/mol. The van der Waals surface area contributed by atoms with Crippen molar-refractivity contribution in [3.63, 3.8) is 0 Å². The summed E-state index contributed by atoms with van der Waals surface area (Å²) in [7, 11) is -8.27. The fourth-order valence-electron chi connectivity index (χ4n) is 5.50. The van der Waals surface area contributed by atoms with E-state index in [0.29, 0.717) is 22.0 Å². The molecule has 1 aliphatic rings. The van der Waals surface area contributed by atoms with Crippen LogP contribution >= 0.6 is 0 Å². The van der Waals surface area contributed by atoms with E-state index in [9.17, 15) is 21.9 Å². The van der Waals surface area contributed by atoms with Crippen molar-refractivity contribution in [1.82, 2.24) is 8.28 Å². The molecule has 5 aromatic rings. The molecule has 1 atom stereocenters. The van der Waals surface area contributed by atoms with Crippen molar-refractivity contribution in [2.75, 3.05) is 6.54 Å². The first-order valence-electron chi connectivity index (χ1n) is 12.8. The van der Waals surface area contributed by atoms with E-state index in [1.165, 1.54) is 20.4 Å². The number of β-amino-alcohol motifs (C(OH)–C–C–N with tert-alkyl or cyclic N) is 1. The Labute approximate surface area is 234 Å². The van der Waals surface area contributed by atoms with Crippen LogP contribution in [-0.4, -0.2) is 36.8 Å². The zero-order valence-corrected chi connectivity index (χ0v) is 23.7. The van der Waals surface area contributed by atoms with Gasteiger partial charge in [0, 0.05) is 10.9 Å². The molecular weight excluding hydrogens is 544 g/mol. The van der Waals surface area contributed by atoms with E-state index >= 15 is 0 Å². The maximum Gasteiger partial charge on any atom is 0.268 e. The average Bonchev–Trinajstić information content (AvgIpc) is 3.30. The fourth-order valence-corrected chi connectivity index (χ4v) is 8.47. The molecule has 1 aliphatic heterocycles. The summed E-state index contributed by atoms with van der Waals surface area (Å²) >= 11 is 0. The molecule has 0 amide bonds. The topological polar surface area (TPSA) is 96.7 Å². The number of rotatable bonds is 5. The summed E-state index contributed by atoms with van der Waals surface area (Å²) < 4.78 is 58.7. The number of aromatic nitrogens is 1. The molecule has 1 aromatic heterocycles. The number of benzene rings is 4. The molecule has 0 unspecified atom stereocenters. The van der Waals surface area contributed by atoms with Gasteiger partial charge in [0.1, 0.15) is 5.60 Å². The quantitative estimate of drug-likeness (QED) is 0.322. The van der Waals surface area contributed by atoms with Crippen molar-refractivity contribution in [3.8, 4) is 0 Å². The summed E-state index contributed by atoms with van der Waals surface area (Å²) in [5.74, 6) is 0. The molecule has 0 bridgehead atoms. The van der Waals surface area contributed by atoms with E-state index in [-0.39, 0.29) is 28.6 Å². The minimum Gasteiger partial charge on any atom is -0.379 e. The summed E-state index contributed by atoms with van der Waals surface area (Å²) in [5.41, 5.74) is 1.43. The van der Waals surface area contributed by atoms with Crippen LogP contribution in [0.4, 0.5) is 0 Å². The summed E-state index contributed by atoms with van der Waals surface area (Å²) in [6, 6.07) is 28.8. The van der Waals surface area contributed by atoms with E-state index in [4.69, 9.17) is 0 Å². The number of sulfonamides is 1. The standard InChI is InChI=1S/C31H28N2O5S2/c1-22-12-16-25(17-13-22)39(35,36)32-20-29-30(31(34,21-32)24-8-4-3-5-9-24)27-10-6-7-11-28(27)33(29)40(37,38)26-18-14-23(2)15-19-26/h3-19,34H,20-21H2,1-2H3/t31-/m1/s1. The van der Waals surface area contributed by atoms with Gasteiger partial charge in [-0.25, -0.2) is 20.8 Å². The third-order valence-corrected chi connectivity index (χ3v) is 11.1. The van der Waals surface area contributed by atoms with Crippen LogP contribution in [0.25, 0.3) is 10.9 Å². The molecule has 6 rings (SSSR count). The highest BCUT2D eigenvalue weighted by Crippen LogP contribution is 2.45. The van der Waals surface area contributed by atoms with E-state index < -0.39 is 25.6 Å². The number of aliphatic hydroxyl groups is 1. The van der Waals surface area contributed by atoms with Crippen molar-refractivity contribution in [3.05, 3.63) is 131 Å². The van der Waals surface area contributed by atoms with Crippen LogP contribution in [-0.2, 0) is 32.2 Å². The molecule has 0 spiro atoms. The van der Waals surface area contributed by atoms with Crippen LogP contribution in [0.1, 0.15) is 27.9 Å². The molecule has 1 N–H and O–H groups in total. The highest BCUT2D eigenvalue weighted by atomic mass is 32.2. The summed E-state index contributed by atoms with van der Waals surface area (Å²) in [4.78, 5) is 0.143. The maximum absolute atomic E-state index is 14.2. The molecule has 7 nitrogen and oxygen atoms in total. The molecule has 9 heteroatoms. The van der Waals surface area contributed by atoms with Crippen molar-refractivity contribution in [2.24, 2.45) is 0 Å². The lowest BCUT2D eigenvalue weighted by molar-refractivity contribution is 0.0465. The lowest BCUT2D eigenvalue weighted by Crippen LogP contribution is -2.49. The summed E-state index contributed by atoms with van der Waals surface area (Å²) in [5, 5.41) is 13.0. The third-order valence-electron chi connectivity index (χ3n) is 7.54. The van der Waals surface area contributed by atoms with Crippen LogP contribution in [0.3, 0.4) is 0 Å². The Balaban J connectivity index is 1.66. The first kappa shape index (κ1) is 26.5. The molecule has 0 saturated heterocycles. The second-order valence-electron chi connectivity index (χ2n) is 10.2. The van der Waals surface area contributed by atoms with Crippen LogP contribution in [0, 0.1) is 13.8 Å². The largest absolute Gasteiger partial charge is 0.379 e. The van der Waals surface area contributed by atoms with Crippen molar-refractivity contribution >= 4 is 30.9 Å². The molecule has 0 aliphatic carbocycles. The van der Waals surface area contributed by atoms with Gasteiger partial charge >= 0.3 is 0 Å². The Bertz CT molecular complexity index is 1950. The van der Waals surface area contributed by atoms with E-state index in [2.05, 4.69) is 0 Å². The lowest BCUT2D eigenvalue weighted by atomic mass is 9.82. The lowest BCUT2D eigenvalue weighted by Gasteiger charge is -2.39. The molecule has 0 radical (unpaired) electrons. The third kappa shape index (κ3) is 4.08. The van der Waals surface area contributed by atoms with E-state index in [1.807, 2.05) is 19.9 Å². The van der Waals surface area contributed by atoms with Gasteiger partial charge in [0.25, 0.3) is 10.0 Å². The number of aryl methyl sites for hydroxylation is 2. The normalized spacial score (nSPS) is 18.1. The number of hydrogen-bond donors (Lipinski definition) is 1. The van der Waals surface area contributed by atoms with Gasteiger partial charge in [-0.3, -0.25) is 0 Å². The number of hydrogen-bond acceptors (Lipinski definition) is 5. The first-order chi connectivity index (χ1) is 19.0. The Hall–Kier alpha value is -3.76. The number of nitrogens with zero attached hydrogens (tertiary/aromatic N) is 2. The maximum atomic E-state index is 14.2. The highest BCUT2D eigenvalue weighted by Gasteiger charge is 2.48. The van der Waals surface area contributed by atoms with Crippen molar-refractivity contribution < 1.29 is 21.9 Å². The van der Waals surface area contributed by atoms with E-state index in [0.717, 1.165) is 11.1 Å². The smallest absolute Gasteiger partial charge is 0.268 e. The first-order valence-corrected chi connectivity index (χ1v) is 15.7. The zero-order chi connectivity index (χ0) is 28.3. The van der Waals surface area contributed by atoms with Crippen molar-refractivity contribution in [1.29, 1.82) is 0 Å². The highest BCUT2D eigenvalue weighted by molar-refractivity contribution is 7.90. The Kier molecular flexibility index (Phi) is 6.23. The van der Waals surface area contributed by atoms with Gasteiger partial charge in [-0.1, -0.05) is 83.9 Å². The molecule has 40 heavy (non-hydrogen) atoms. The van der Waals surface area contributed by atoms with E-state index in [1.54, 1.807) is 84.9 Å². The summed E-state index contributed by atoms with van der Waals surface area (Å²) in [6.07, 6.45) is 0. The SMILES string of the molecule is Cc1ccc(S(=O)(=O)N2Cc3c(c4ccccc4n3S(=O)(=O)c3ccc(C)cc3)[C@](O)(c3ccccc3)C2)cc1. The van der Waals surface area contributed by atoms with Gasteiger partial charge in [-0.15, -0.1) is 0 Å². The van der Waals surface area contributed by atoms with Gasteiger partial charge < -0.3 is 5.11 Å². The van der Waals surface area contributed by atoms with Gasteiger partial charge in [0.05, 0.1) is 34.1 Å². The second kappa shape index (κ2) is 9.42. The van der Waals surface area contributed by atoms with Crippen LogP contribution in [0.5, 0.6) is 0 Å². The zero-order valence-electron chi connectivity index (χ0n) is 22.0. The average molecular weight is 573 g/mol. The Morgan fingerprint density at radius 3 is 1.80 bits per heavy atom. The molecule has 0 saturated carbocycles. The van der Waals surface area contributed by atoms with Gasteiger partial charge in [0.15, 0.2) is 0 Å². The van der Waals surface area contributed by atoms with Crippen molar-refractivity contribution in [2.45, 2.75) is 35.8 Å². The number of para-hydroxylation sites is 1.